The Labute approximate surface area is 107 Å². The van der Waals surface area contributed by atoms with Crippen LogP contribution in [0.1, 0.15) is 19.5 Å². The molecule has 1 rings (SSSR count). The zero-order valence-corrected chi connectivity index (χ0v) is 11.7. The van der Waals surface area contributed by atoms with Crippen LogP contribution in [0.5, 0.6) is 0 Å². The number of hydrogen-bond donors (Lipinski definition) is 0. The summed E-state index contributed by atoms with van der Waals surface area (Å²) in [6, 6.07) is 0. The highest BCUT2D eigenvalue weighted by Gasteiger charge is 2.15. The van der Waals surface area contributed by atoms with Crippen LogP contribution in [0.4, 0.5) is 10.2 Å². The SMILES string of the molecule is CCc1ncnc(N(C)CCS(=O)(=O)CC)c1F. The van der Waals surface area contributed by atoms with Gasteiger partial charge in [-0.2, -0.15) is 0 Å². The lowest BCUT2D eigenvalue weighted by Gasteiger charge is -2.18. The molecule has 18 heavy (non-hydrogen) atoms. The van der Waals surface area contributed by atoms with Crippen LogP contribution in [0, 0.1) is 5.82 Å². The Morgan fingerprint density at radius 3 is 2.56 bits per heavy atom. The minimum absolute atomic E-state index is 0.00903. The van der Waals surface area contributed by atoms with Crippen LogP contribution in [-0.2, 0) is 16.3 Å². The Morgan fingerprint density at radius 2 is 2.00 bits per heavy atom. The van der Waals surface area contributed by atoms with E-state index in [9.17, 15) is 12.8 Å². The lowest BCUT2D eigenvalue weighted by Crippen LogP contribution is -2.28. The minimum atomic E-state index is -3.06. The van der Waals surface area contributed by atoms with Crippen molar-refractivity contribution in [2.24, 2.45) is 0 Å². The van der Waals surface area contributed by atoms with E-state index in [2.05, 4.69) is 9.97 Å². The first-order valence-electron chi connectivity index (χ1n) is 5.82. The summed E-state index contributed by atoms with van der Waals surface area (Å²) in [6.07, 6.45) is 1.77. The third kappa shape index (κ3) is 3.63. The Kier molecular flexibility index (Phi) is 5.01. The van der Waals surface area contributed by atoms with Gasteiger partial charge in [-0.15, -0.1) is 0 Å². The number of aromatic nitrogens is 2. The quantitative estimate of drug-likeness (QED) is 0.776. The van der Waals surface area contributed by atoms with Gasteiger partial charge in [-0.3, -0.25) is 0 Å². The number of anilines is 1. The number of nitrogens with zero attached hydrogens (tertiary/aromatic N) is 3. The van der Waals surface area contributed by atoms with Crippen molar-refractivity contribution in [3.8, 4) is 0 Å². The minimum Gasteiger partial charge on any atom is -0.356 e. The average Bonchev–Trinajstić information content (AvgIpc) is 2.36. The molecule has 0 radical (unpaired) electrons. The highest BCUT2D eigenvalue weighted by molar-refractivity contribution is 7.91. The highest BCUT2D eigenvalue weighted by Crippen LogP contribution is 2.16. The van der Waals surface area contributed by atoms with Crippen molar-refractivity contribution < 1.29 is 12.8 Å². The smallest absolute Gasteiger partial charge is 0.187 e. The largest absolute Gasteiger partial charge is 0.356 e. The van der Waals surface area contributed by atoms with Gasteiger partial charge in [0, 0.05) is 19.3 Å². The van der Waals surface area contributed by atoms with Crippen LogP contribution >= 0.6 is 0 Å². The summed E-state index contributed by atoms with van der Waals surface area (Å²) in [6.45, 7) is 3.61. The summed E-state index contributed by atoms with van der Waals surface area (Å²) in [5, 5.41) is 0. The first-order chi connectivity index (χ1) is 8.41. The van der Waals surface area contributed by atoms with Crippen molar-refractivity contribution in [2.45, 2.75) is 20.3 Å². The van der Waals surface area contributed by atoms with E-state index < -0.39 is 15.7 Å². The molecule has 5 nitrogen and oxygen atoms in total. The fourth-order valence-corrected chi connectivity index (χ4v) is 2.28. The Hall–Kier alpha value is -1.24. The molecular weight excluding hydrogens is 257 g/mol. The molecule has 0 aliphatic carbocycles. The van der Waals surface area contributed by atoms with Crippen LogP contribution in [0.3, 0.4) is 0 Å². The van der Waals surface area contributed by atoms with E-state index in [-0.39, 0.29) is 23.9 Å². The normalized spacial score (nSPS) is 11.6. The van der Waals surface area contributed by atoms with Crippen molar-refractivity contribution in [2.75, 3.05) is 30.0 Å². The summed E-state index contributed by atoms with van der Waals surface area (Å²) in [5.74, 6) is -0.248. The molecule has 0 fully saturated rings. The number of halogens is 1. The van der Waals surface area contributed by atoms with Gasteiger partial charge in [0.15, 0.2) is 21.5 Å². The molecule has 102 valence electrons. The van der Waals surface area contributed by atoms with Gasteiger partial charge in [-0.1, -0.05) is 13.8 Å². The van der Waals surface area contributed by atoms with Crippen LogP contribution in [0.2, 0.25) is 0 Å². The van der Waals surface area contributed by atoms with E-state index in [1.807, 2.05) is 0 Å². The first-order valence-corrected chi connectivity index (χ1v) is 7.64. The summed E-state index contributed by atoms with van der Waals surface area (Å²) in [4.78, 5) is 9.20. The Bertz CT molecular complexity index is 505. The molecule has 0 saturated heterocycles. The molecule has 1 heterocycles. The second-order valence-corrected chi connectivity index (χ2v) is 6.44. The molecular formula is C11H18FN3O2S. The molecule has 1 aromatic heterocycles. The van der Waals surface area contributed by atoms with E-state index in [4.69, 9.17) is 0 Å². The van der Waals surface area contributed by atoms with Gasteiger partial charge in [-0.25, -0.2) is 22.8 Å². The molecule has 0 amide bonds. The van der Waals surface area contributed by atoms with E-state index in [0.717, 1.165) is 0 Å². The predicted octanol–water partition coefficient (Wildman–Crippen LogP) is 1.05. The summed E-state index contributed by atoms with van der Waals surface area (Å²) < 4.78 is 36.7. The monoisotopic (exact) mass is 275 g/mol. The topological polar surface area (TPSA) is 63.2 Å². The number of sulfone groups is 1. The second-order valence-electron chi connectivity index (χ2n) is 3.97. The van der Waals surface area contributed by atoms with Gasteiger partial charge < -0.3 is 4.90 Å². The molecule has 0 bridgehead atoms. The Morgan fingerprint density at radius 1 is 1.33 bits per heavy atom. The lowest BCUT2D eigenvalue weighted by atomic mass is 10.3. The van der Waals surface area contributed by atoms with Crippen LogP contribution in [-0.4, -0.2) is 43.5 Å². The number of rotatable bonds is 6. The second kappa shape index (κ2) is 6.08. The molecule has 0 N–H and O–H groups in total. The maximum Gasteiger partial charge on any atom is 0.187 e. The molecule has 0 spiro atoms. The molecule has 0 aliphatic rings. The molecule has 0 unspecified atom stereocenters. The van der Waals surface area contributed by atoms with Crippen LogP contribution < -0.4 is 4.90 Å². The van der Waals surface area contributed by atoms with E-state index in [0.29, 0.717) is 12.1 Å². The van der Waals surface area contributed by atoms with Gasteiger partial charge in [0.25, 0.3) is 0 Å². The fraction of sp³-hybridized carbons (Fsp3) is 0.636. The van der Waals surface area contributed by atoms with E-state index in [1.165, 1.54) is 11.2 Å². The van der Waals surface area contributed by atoms with Crippen molar-refractivity contribution >= 4 is 15.7 Å². The zero-order valence-electron chi connectivity index (χ0n) is 10.9. The standard InChI is InChI=1S/C11H18FN3O2S/c1-4-9-10(12)11(14-8-13-9)15(3)6-7-18(16,17)5-2/h8H,4-7H2,1-3H3. The van der Waals surface area contributed by atoms with Gasteiger partial charge in [0.2, 0.25) is 0 Å². The van der Waals surface area contributed by atoms with Crippen molar-refractivity contribution in [3.63, 3.8) is 0 Å². The van der Waals surface area contributed by atoms with Crippen molar-refractivity contribution in [3.05, 3.63) is 17.8 Å². The van der Waals surface area contributed by atoms with Crippen LogP contribution in [0.25, 0.3) is 0 Å². The van der Waals surface area contributed by atoms with Gasteiger partial charge in [-0.05, 0) is 6.42 Å². The number of hydrogen-bond acceptors (Lipinski definition) is 5. The van der Waals surface area contributed by atoms with Gasteiger partial charge in [0.05, 0.1) is 11.4 Å². The first kappa shape index (κ1) is 14.8. The predicted molar refractivity (Wildman–Crippen MR) is 69.0 cm³/mol. The average molecular weight is 275 g/mol. The van der Waals surface area contributed by atoms with E-state index >= 15 is 0 Å². The molecule has 1 aromatic rings. The maximum absolute atomic E-state index is 13.9. The van der Waals surface area contributed by atoms with Gasteiger partial charge in [0.1, 0.15) is 6.33 Å². The summed E-state index contributed by atoms with van der Waals surface area (Å²) in [7, 11) is -1.44. The third-order valence-corrected chi connectivity index (χ3v) is 4.40. The summed E-state index contributed by atoms with van der Waals surface area (Å²) in [5.41, 5.74) is 0.338. The molecule has 0 aliphatic heterocycles. The fourth-order valence-electron chi connectivity index (χ4n) is 1.43. The molecule has 0 atom stereocenters. The maximum atomic E-state index is 13.9. The van der Waals surface area contributed by atoms with Gasteiger partial charge >= 0.3 is 0 Å². The van der Waals surface area contributed by atoms with E-state index in [1.54, 1.807) is 20.9 Å². The summed E-state index contributed by atoms with van der Waals surface area (Å²) >= 11 is 0. The van der Waals surface area contributed by atoms with Crippen molar-refractivity contribution in [1.82, 2.24) is 9.97 Å². The number of aryl methyl sites for hydroxylation is 1. The highest BCUT2D eigenvalue weighted by atomic mass is 32.2. The molecule has 0 aromatic carbocycles. The lowest BCUT2D eigenvalue weighted by molar-refractivity contribution is 0.585. The third-order valence-electron chi connectivity index (χ3n) is 2.72. The zero-order chi connectivity index (χ0) is 13.8. The van der Waals surface area contributed by atoms with Crippen LogP contribution in [0.15, 0.2) is 6.33 Å². The molecule has 0 saturated carbocycles. The van der Waals surface area contributed by atoms with Crippen molar-refractivity contribution in [1.29, 1.82) is 0 Å². The molecule has 7 heteroatoms. The Balaban J connectivity index is 2.82.